The summed E-state index contributed by atoms with van der Waals surface area (Å²) in [5, 5.41) is 7.68. The second-order valence-electron chi connectivity index (χ2n) is 3.44. The molecule has 1 N–H and O–H groups in total. The second-order valence-corrected chi connectivity index (χ2v) is 5.50. The third kappa shape index (κ3) is 2.48. The first-order valence-electron chi connectivity index (χ1n) is 4.90. The first-order valence-corrected chi connectivity index (χ1v) is 6.66. The molecule has 0 aliphatic carbocycles. The quantitative estimate of drug-likeness (QED) is 0.912. The Labute approximate surface area is 102 Å². The first-order chi connectivity index (χ1) is 7.66. The first kappa shape index (κ1) is 11.3. The van der Waals surface area contributed by atoms with Gasteiger partial charge in [-0.25, -0.2) is 4.98 Å². The molecule has 0 atom stereocenters. The fraction of sp³-hybridized carbons (Fsp3) is 0.273. The van der Waals surface area contributed by atoms with Crippen molar-refractivity contribution in [1.29, 1.82) is 0 Å². The van der Waals surface area contributed by atoms with E-state index in [9.17, 15) is 4.79 Å². The zero-order valence-corrected chi connectivity index (χ0v) is 10.7. The van der Waals surface area contributed by atoms with Gasteiger partial charge in [-0.15, -0.1) is 11.3 Å². The molecule has 0 aliphatic heterocycles. The van der Waals surface area contributed by atoms with Crippen LogP contribution in [0.25, 0.3) is 0 Å². The lowest BCUT2D eigenvalue weighted by atomic mass is 10.3. The second kappa shape index (κ2) is 4.76. The van der Waals surface area contributed by atoms with Crippen LogP contribution in [0.1, 0.15) is 25.9 Å². The van der Waals surface area contributed by atoms with Crippen molar-refractivity contribution in [2.75, 3.05) is 0 Å². The van der Waals surface area contributed by atoms with E-state index in [2.05, 4.69) is 10.3 Å². The highest BCUT2D eigenvalue weighted by Crippen LogP contribution is 2.16. The molecule has 0 spiro atoms. The summed E-state index contributed by atoms with van der Waals surface area (Å²) in [6, 6.07) is 1.82. The smallest absolute Gasteiger partial charge is 0.252 e. The van der Waals surface area contributed by atoms with Crippen molar-refractivity contribution in [2.45, 2.75) is 20.4 Å². The molecular weight excluding hydrogens is 240 g/mol. The maximum atomic E-state index is 11.7. The van der Waals surface area contributed by atoms with Gasteiger partial charge >= 0.3 is 0 Å². The van der Waals surface area contributed by atoms with Crippen LogP contribution in [0.3, 0.4) is 0 Å². The van der Waals surface area contributed by atoms with E-state index in [-0.39, 0.29) is 5.91 Å². The average Bonchev–Trinajstić information content (AvgIpc) is 2.84. The Morgan fingerprint density at radius 3 is 2.88 bits per heavy atom. The summed E-state index contributed by atoms with van der Waals surface area (Å²) in [6.45, 7) is 4.50. The monoisotopic (exact) mass is 252 g/mol. The Bertz CT molecular complexity index is 488. The summed E-state index contributed by atoms with van der Waals surface area (Å²) in [7, 11) is 0. The maximum absolute atomic E-state index is 11.7. The summed E-state index contributed by atoms with van der Waals surface area (Å²) >= 11 is 3.16. The van der Waals surface area contributed by atoms with Crippen molar-refractivity contribution >= 4 is 28.6 Å². The van der Waals surface area contributed by atoms with Gasteiger partial charge in [0.1, 0.15) is 0 Å². The molecule has 0 aromatic carbocycles. The average molecular weight is 252 g/mol. The van der Waals surface area contributed by atoms with E-state index in [1.165, 1.54) is 11.3 Å². The van der Waals surface area contributed by atoms with Gasteiger partial charge in [0, 0.05) is 15.8 Å². The van der Waals surface area contributed by atoms with E-state index < -0.39 is 0 Å². The van der Waals surface area contributed by atoms with Crippen LogP contribution >= 0.6 is 22.7 Å². The molecule has 2 aromatic rings. The van der Waals surface area contributed by atoms with E-state index in [0.717, 1.165) is 21.1 Å². The third-order valence-electron chi connectivity index (χ3n) is 2.19. The molecule has 5 heteroatoms. The molecule has 3 nitrogen and oxygen atoms in total. The third-order valence-corrected chi connectivity index (χ3v) is 3.95. The van der Waals surface area contributed by atoms with Crippen molar-refractivity contribution in [3.05, 3.63) is 38.0 Å². The summed E-state index contributed by atoms with van der Waals surface area (Å²) in [5.74, 6) is -0.0216. The van der Waals surface area contributed by atoms with Crippen LogP contribution in [0.4, 0.5) is 0 Å². The van der Waals surface area contributed by atoms with Gasteiger partial charge in [0.2, 0.25) is 0 Å². The summed E-state index contributed by atoms with van der Waals surface area (Å²) in [5.41, 5.74) is 1.73. The number of rotatable bonds is 3. The maximum Gasteiger partial charge on any atom is 0.252 e. The van der Waals surface area contributed by atoms with Crippen LogP contribution < -0.4 is 5.32 Å². The van der Waals surface area contributed by atoms with Crippen LogP contribution in [0, 0.1) is 13.8 Å². The molecule has 2 heterocycles. The SMILES string of the molecule is Cc1nc(C)c(CNC(=O)c2ccsc2)s1. The highest BCUT2D eigenvalue weighted by Gasteiger charge is 2.08. The standard InChI is InChI=1S/C11H12N2OS2/c1-7-10(16-8(2)13-7)5-12-11(14)9-3-4-15-6-9/h3-4,6H,5H2,1-2H3,(H,12,14). The molecule has 2 aromatic heterocycles. The van der Waals surface area contributed by atoms with Crippen molar-refractivity contribution in [3.63, 3.8) is 0 Å². The van der Waals surface area contributed by atoms with Gasteiger partial charge in [0.15, 0.2) is 0 Å². The number of hydrogen-bond acceptors (Lipinski definition) is 4. The summed E-state index contributed by atoms with van der Waals surface area (Å²) < 4.78 is 0. The van der Waals surface area contributed by atoms with Gasteiger partial charge in [-0.2, -0.15) is 11.3 Å². The van der Waals surface area contributed by atoms with E-state index in [1.54, 1.807) is 11.3 Å². The summed E-state index contributed by atoms with van der Waals surface area (Å²) in [4.78, 5) is 17.1. The molecule has 1 amide bonds. The van der Waals surface area contributed by atoms with Crippen molar-refractivity contribution in [2.24, 2.45) is 0 Å². The van der Waals surface area contributed by atoms with Crippen molar-refractivity contribution in [3.8, 4) is 0 Å². The minimum atomic E-state index is -0.0216. The van der Waals surface area contributed by atoms with Crippen molar-refractivity contribution < 1.29 is 4.79 Å². The molecule has 0 fully saturated rings. The number of amides is 1. The Kier molecular flexibility index (Phi) is 3.36. The molecule has 16 heavy (non-hydrogen) atoms. The van der Waals surface area contributed by atoms with Gasteiger partial charge in [-0.3, -0.25) is 4.79 Å². The van der Waals surface area contributed by atoms with E-state index in [1.807, 2.05) is 30.7 Å². The highest BCUT2D eigenvalue weighted by molar-refractivity contribution is 7.11. The predicted molar refractivity (Wildman–Crippen MR) is 67.1 cm³/mol. The molecule has 0 aliphatic rings. The highest BCUT2D eigenvalue weighted by atomic mass is 32.1. The topological polar surface area (TPSA) is 42.0 Å². The molecule has 84 valence electrons. The Morgan fingerprint density at radius 2 is 2.31 bits per heavy atom. The molecule has 0 unspecified atom stereocenters. The fourth-order valence-electron chi connectivity index (χ4n) is 1.39. The van der Waals surface area contributed by atoms with Crippen LogP contribution in [-0.4, -0.2) is 10.9 Å². The predicted octanol–water partition coefficient (Wildman–Crippen LogP) is 2.75. The number of nitrogens with one attached hydrogen (secondary N) is 1. The number of nitrogens with zero attached hydrogens (tertiary/aromatic N) is 1. The van der Waals surface area contributed by atoms with Gasteiger partial charge < -0.3 is 5.32 Å². The molecule has 0 saturated carbocycles. The number of hydrogen-bond donors (Lipinski definition) is 1. The molecule has 2 rings (SSSR count). The lowest BCUT2D eigenvalue weighted by Crippen LogP contribution is -2.22. The van der Waals surface area contributed by atoms with E-state index >= 15 is 0 Å². The minimum Gasteiger partial charge on any atom is -0.347 e. The number of carbonyl (C=O) groups excluding carboxylic acids is 1. The van der Waals surface area contributed by atoms with E-state index in [4.69, 9.17) is 0 Å². The van der Waals surface area contributed by atoms with Crippen LogP contribution in [0.2, 0.25) is 0 Å². The lowest BCUT2D eigenvalue weighted by Gasteiger charge is -2.01. The number of thiazole rings is 1. The van der Waals surface area contributed by atoms with Crippen LogP contribution in [-0.2, 0) is 6.54 Å². The summed E-state index contributed by atoms with van der Waals surface area (Å²) in [6.07, 6.45) is 0. The van der Waals surface area contributed by atoms with E-state index in [0.29, 0.717) is 6.54 Å². The van der Waals surface area contributed by atoms with Gasteiger partial charge in [-0.1, -0.05) is 0 Å². The Morgan fingerprint density at radius 1 is 1.50 bits per heavy atom. The molecule has 0 saturated heterocycles. The Hall–Kier alpha value is -1.20. The van der Waals surface area contributed by atoms with Gasteiger partial charge in [0.25, 0.3) is 5.91 Å². The van der Waals surface area contributed by atoms with Gasteiger partial charge in [0.05, 0.1) is 17.2 Å². The largest absolute Gasteiger partial charge is 0.347 e. The molecule has 0 bridgehead atoms. The molecular formula is C11H12N2OS2. The number of thiophene rings is 1. The Balaban J connectivity index is 1.98. The minimum absolute atomic E-state index is 0.0216. The number of carbonyl (C=O) groups is 1. The fourth-order valence-corrected chi connectivity index (χ4v) is 2.91. The number of aromatic nitrogens is 1. The van der Waals surface area contributed by atoms with Crippen LogP contribution in [0.15, 0.2) is 16.8 Å². The van der Waals surface area contributed by atoms with Crippen LogP contribution in [0.5, 0.6) is 0 Å². The zero-order valence-electron chi connectivity index (χ0n) is 9.11. The zero-order chi connectivity index (χ0) is 11.5. The lowest BCUT2D eigenvalue weighted by molar-refractivity contribution is 0.0951. The molecule has 0 radical (unpaired) electrons. The number of aryl methyl sites for hydroxylation is 2. The van der Waals surface area contributed by atoms with Crippen molar-refractivity contribution in [1.82, 2.24) is 10.3 Å². The van der Waals surface area contributed by atoms with Gasteiger partial charge in [-0.05, 0) is 25.3 Å². The normalized spacial score (nSPS) is 10.4.